The van der Waals surface area contributed by atoms with Crippen LogP contribution in [0.25, 0.3) is 22.3 Å². The van der Waals surface area contributed by atoms with Crippen molar-refractivity contribution in [2.75, 3.05) is 0 Å². The Morgan fingerprint density at radius 2 is 1.95 bits per heavy atom. The van der Waals surface area contributed by atoms with Crippen molar-refractivity contribution in [2.45, 2.75) is 13.8 Å². The largest absolute Gasteiger partial charge is 0.339 e. The average Bonchev–Trinajstić information content (AvgIpc) is 2.81. The minimum atomic E-state index is 0.675. The highest BCUT2D eigenvalue weighted by molar-refractivity contribution is 5.84. The van der Waals surface area contributed by atoms with Gasteiger partial charge in [-0.25, -0.2) is 4.98 Å². The number of hydrogen-bond acceptors (Lipinski definition) is 2. The number of benzene rings is 1. The number of pyridine rings is 1. The summed E-state index contributed by atoms with van der Waals surface area (Å²) >= 11 is 0. The molecule has 3 rings (SSSR count). The molecule has 2 heterocycles. The average molecular weight is 247 g/mol. The van der Waals surface area contributed by atoms with Crippen LogP contribution in [0, 0.1) is 25.2 Å². The molecule has 0 radical (unpaired) electrons. The van der Waals surface area contributed by atoms with E-state index in [1.165, 1.54) is 0 Å². The summed E-state index contributed by atoms with van der Waals surface area (Å²) in [7, 11) is 0. The van der Waals surface area contributed by atoms with Crippen molar-refractivity contribution in [1.29, 1.82) is 5.26 Å². The third-order valence-corrected chi connectivity index (χ3v) is 3.20. The first-order chi connectivity index (χ1) is 9.17. The molecule has 0 saturated carbocycles. The van der Waals surface area contributed by atoms with Crippen molar-refractivity contribution >= 4 is 11.0 Å². The fourth-order valence-corrected chi connectivity index (χ4v) is 2.23. The second kappa shape index (κ2) is 4.25. The smallest absolute Gasteiger partial charge is 0.138 e. The summed E-state index contributed by atoms with van der Waals surface area (Å²) in [4.78, 5) is 7.75. The standard InChI is InChI=1S/C16H13N3/c1-10-3-5-13(9-17)14(7-10)15-8-12-6-4-11(2)18-16(12)19-15/h3-8H,1-2H3,(H,18,19). The minimum Gasteiger partial charge on any atom is -0.339 e. The molecule has 92 valence electrons. The van der Waals surface area contributed by atoms with Crippen LogP contribution in [0.3, 0.4) is 0 Å². The maximum absolute atomic E-state index is 9.21. The predicted octanol–water partition coefficient (Wildman–Crippen LogP) is 3.72. The second-order valence-corrected chi connectivity index (χ2v) is 4.73. The lowest BCUT2D eigenvalue weighted by atomic mass is 10.0. The quantitative estimate of drug-likeness (QED) is 0.712. The van der Waals surface area contributed by atoms with Gasteiger partial charge < -0.3 is 4.98 Å². The number of fused-ring (bicyclic) bond motifs is 1. The fourth-order valence-electron chi connectivity index (χ4n) is 2.23. The molecule has 19 heavy (non-hydrogen) atoms. The Hall–Kier alpha value is -2.60. The van der Waals surface area contributed by atoms with Gasteiger partial charge in [0.25, 0.3) is 0 Å². The summed E-state index contributed by atoms with van der Waals surface area (Å²) in [6, 6.07) is 14.1. The van der Waals surface area contributed by atoms with Crippen LogP contribution in [-0.2, 0) is 0 Å². The van der Waals surface area contributed by atoms with E-state index in [2.05, 4.69) is 16.0 Å². The topological polar surface area (TPSA) is 52.5 Å². The van der Waals surface area contributed by atoms with Crippen molar-refractivity contribution in [3.63, 3.8) is 0 Å². The summed E-state index contributed by atoms with van der Waals surface area (Å²) < 4.78 is 0. The highest BCUT2D eigenvalue weighted by Crippen LogP contribution is 2.27. The van der Waals surface area contributed by atoms with E-state index in [0.29, 0.717) is 5.56 Å². The Kier molecular flexibility index (Phi) is 2.57. The van der Waals surface area contributed by atoms with Gasteiger partial charge in [-0.15, -0.1) is 0 Å². The highest BCUT2D eigenvalue weighted by atomic mass is 14.9. The lowest BCUT2D eigenvalue weighted by Crippen LogP contribution is -1.86. The summed E-state index contributed by atoms with van der Waals surface area (Å²) in [6.45, 7) is 3.99. The van der Waals surface area contributed by atoms with E-state index in [-0.39, 0.29) is 0 Å². The van der Waals surface area contributed by atoms with E-state index in [1.807, 2.05) is 50.2 Å². The molecule has 0 unspecified atom stereocenters. The number of aromatic nitrogens is 2. The van der Waals surface area contributed by atoms with Crippen LogP contribution in [0.5, 0.6) is 0 Å². The van der Waals surface area contributed by atoms with Gasteiger partial charge in [0, 0.05) is 22.3 Å². The number of H-pyrrole nitrogens is 1. The third kappa shape index (κ3) is 1.98. The molecule has 0 bridgehead atoms. The first-order valence-electron chi connectivity index (χ1n) is 6.15. The van der Waals surface area contributed by atoms with E-state index >= 15 is 0 Å². The number of nitrogens with zero attached hydrogens (tertiary/aromatic N) is 2. The first kappa shape index (κ1) is 11.5. The van der Waals surface area contributed by atoms with Crippen LogP contribution in [-0.4, -0.2) is 9.97 Å². The summed E-state index contributed by atoms with van der Waals surface area (Å²) in [5.41, 5.74) is 5.52. The number of nitriles is 1. The second-order valence-electron chi connectivity index (χ2n) is 4.73. The molecule has 2 aromatic heterocycles. The number of aryl methyl sites for hydroxylation is 2. The Bertz CT molecular complexity index is 806. The van der Waals surface area contributed by atoms with Gasteiger partial charge >= 0.3 is 0 Å². The van der Waals surface area contributed by atoms with Gasteiger partial charge in [-0.1, -0.05) is 11.6 Å². The number of rotatable bonds is 1. The molecule has 1 N–H and O–H groups in total. The van der Waals surface area contributed by atoms with E-state index in [4.69, 9.17) is 0 Å². The van der Waals surface area contributed by atoms with Gasteiger partial charge in [0.05, 0.1) is 11.6 Å². The van der Waals surface area contributed by atoms with Gasteiger partial charge in [0.1, 0.15) is 5.65 Å². The van der Waals surface area contributed by atoms with E-state index in [9.17, 15) is 5.26 Å². The van der Waals surface area contributed by atoms with Crippen LogP contribution >= 0.6 is 0 Å². The highest BCUT2D eigenvalue weighted by Gasteiger charge is 2.09. The molecule has 0 aliphatic carbocycles. The monoisotopic (exact) mass is 247 g/mol. The van der Waals surface area contributed by atoms with Gasteiger partial charge in [-0.2, -0.15) is 5.26 Å². The van der Waals surface area contributed by atoms with Gasteiger partial charge in [-0.3, -0.25) is 0 Å². The summed E-state index contributed by atoms with van der Waals surface area (Å²) in [5, 5.41) is 10.3. The van der Waals surface area contributed by atoms with Crippen molar-refractivity contribution in [3.05, 3.63) is 53.2 Å². The Morgan fingerprint density at radius 1 is 1.11 bits per heavy atom. The zero-order valence-corrected chi connectivity index (χ0v) is 10.9. The fraction of sp³-hybridized carbons (Fsp3) is 0.125. The van der Waals surface area contributed by atoms with E-state index in [1.54, 1.807) is 0 Å². The Labute approximate surface area is 111 Å². The molecule has 1 aromatic carbocycles. The van der Waals surface area contributed by atoms with Crippen LogP contribution < -0.4 is 0 Å². The van der Waals surface area contributed by atoms with Crippen molar-refractivity contribution in [1.82, 2.24) is 9.97 Å². The molecule has 0 amide bonds. The summed E-state index contributed by atoms with van der Waals surface area (Å²) in [6.07, 6.45) is 0. The lowest BCUT2D eigenvalue weighted by molar-refractivity contribution is 1.22. The van der Waals surface area contributed by atoms with Crippen molar-refractivity contribution < 1.29 is 0 Å². The zero-order valence-electron chi connectivity index (χ0n) is 10.9. The van der Waals surface area contributed by atoms with Gasteiger partial charge in [-0.05, 0) is 44.2 Å². The molecular weight excluding hydrogens is 234 g/mol. The summed E-state index contributed by atoms with van der Waals surface area (Å²) in [5.74, 6) is 0. The molecule has 3 nitrogen and oxygen atoms in total. The molecule has 0 aliphatic heterocycles. The maximum Gasteiger partial charge on any atom is 0.138 e. The zero-order chi connectivity index (χ0) is 13.4. The Balaban J connectivity index is 2.24. The molecule has 0 spiro atoms. The maximum atomic E-state index is 9.21. The number of nitrogens with one attached hydrogen (secondary N) is 1. The normalized spacial score (nSPS) is 10.6. The van der Waals surface area contributed by atoms with Crippen LogP contribution in [0.4, 0.5) is 0 Å². The van der Waals surface area contributed by atoms with Crippen LogP contribution in [0.1, 0.15) is 16.8 Å². The van der Waals surface area contributed by atoms with Crippen molar-refractivity contribution in [3.8, 4) is 17.3 Å². The van der Waals surface area contributed by atoms with Crippen molar-refractivity contribution in [2.24, 2.45) is 0 Å². The SMILES string of the molecule is Cc1ccc(C#N)c(-c2cc3ccc(C)nc3[nH]2)c1. The molecule has 0 aliphatic rings. The molecule has 3 aromatic rings. The predicted molar refractivity (Wildman–Crippen MR) is 75.7 cm³/mol. The van der Waals surface area contributed by atoms with Crippen LogP contribution in [0.15, 0.2) is 36.4 Å². The third-order valence-electron chi connectivity index (χ3n) is 3.20. The van der Waals surface area contributed by atoms with Crippen LogP contribution in [0.2, 0.25) is 0 Å². The molecule has 0 atom stereocenters. The number of aromatic amines is 1. The van der Waals surface area contributed by atoms with Gasteiger partial charge in [0.15, 0.2) is 0 Å². The number of hydrogen-bond donors (Lipinski definition) is 1. The Morgan fingerprint density at radius 3 is 2.74 bits per heavy atom. The molecular formula is C16H13N3. The molecule has 3 heteroatoms. The first-order valence-corrected chi connectivity index (χ1v) is 6.15. The molecule has 0 fully saturated rings. The minimum absolute atomic E-state index is 0.675. The van der Waals surface area contributed by atoms with Gasteiger partial charge in [0.2, 0.25) is 0 Å². The van der Waals surface area contributed by atoms with E-state index < -0.39 is 0 Å². The van der Waals surface area contributed by atoms with E-state index in [0.717, 1.165) is 33.5 Å². The lowest BCUT2D eigenvalue weighted by Gasteiger charge is -2.02. The molecule has 0 saturated heterocycles.